The van der Waals surface area contributed by atoms with E-state index in [4.69, 9.17) is 0 Å². The van der Waals surface area contributed by atoms with Crippen LogP contribution < -0.4 is 5.32 Å². The van der Waals surface area contributed by atoms with E-state index in [1.807, 2.05) is 5.38 Å². The van der Waals surface area contributed by atoms with Crippen LogP contribution in [-0.2, 0) is 21.4 Å². The number of carbonyl (C=O) groups excluding carboxylic acids is 1. The van der Waals surface area contributed by atoms with Gasteiger partial charge in [-0.3, -0.25) is 9.69 Å². The van der Waals surface area contributed by atoms with Gasteiger partial charge in [-0.25, -0.2) is 13.4 Å². The highest BCUT2D eigenvalue weighted by molar-refractivity contribution is 7.91. The van der Waals surface area contributed by atoms with Crippen LogP contribution in [0, 0.1) is 5.92 Å². The smallest absolute Gasteiger partial charge is 0.253 e. The largest absolute Gasteiger partial charge is 0.301 e. The van der Waals surface area contributed by atoms with Crippen molar-refractivity contribution in [3.63, 3.8) is 0 Å². The lowest BCUT2D eigenvalue weighted by atomic mass is 10.0. The molecule has 7 nitrogen and oxygen atoms in total. The molecule has 4 rings (SSSR count). The lowest BCUT2D eigenvalue weighted by Gasteiger charge is -2.30. The molecule has 2 aliphatic heterocycles. The van der Waals surface area contributed by atoms with Crippen molar-refractivity contribution >= 4 is 43.7 Å². The fourth-order valence-corrected chi connectivity index (χ4v) is 7.58. The molecule has 29 heavy (non-hydrogen) atoms. The highest BCUT2D eigenvalue weighted by Gasteiger charge is 2.40. The highest BCUT2D eigenvalue weighted by Crippen LogP contribution is 2.29. The van der Waals surface area contributed by atoms with Crippen molar-refractivity contribution in [3.8, 4) is 0 Å². The molecule has 2 aromatic heterocycles. The molecule has 0 aliphatic carbocycles. The van der Waals surface area contributed by atoms with Crippen LogP contribution in [0.15, 0.2) is 27.1 Å². The second-order valence-electron chi connectivity index (χ2n) is 7.82. The summed E-state index contributed by atoms with van der Waals surface area (Å²) in [6, 6.07) is 2.61. The molecular weight excluding hydrogens is 428 g/mol. The second kappa shape index (κ2) is 8.81. The summed E-state index contributed by atoms with van der Waals surface area (Å²) in [5, 5.41) is 7.09. The Labute approximate surface area is 179 Å². The molecule has 0 saturated carbocycles. The first kappa shape index (κ1) is 20.9. The summed E-state index contributed by atoms with van der Waals surface area (Å²) in [7, 11) is -3.63. The maximum atomic E-state index is 12.9. The van der Waals surface area contributed by atoms with E-state index in [9.17, 15) is 13.2 Å². The van der Waals surface area contributed by atoms with E-state index in [2.05, 4.69) is 22.1 Å². The summed E-state index contributed by atoms with van der Waals surface area (Å²) in [5.74, 6) is 0.412. The maximum absolute atomic E-state index is 12.9. The molecule has 2 unspecified atom stereocenters. The zero-order chi connectivity index (χ0) is 20.4. The first-order chi connectivity index (χ1) is 13.9. The van der Waals surface area contributed by atoms with Crippen molar-refractivity contribution in [2.24, 2.45) is 5.92 Å². The topological polar surface area (TPSA) is 82.6 Å². The molecule has 2 aromatic rings. The van der Waals surface area contributed by atoms with Crippen LogP contribution in [0.1, 0.15) is 38.3 Å². The van der Waals surface area contributed by atoms with Gasteiger partial charge in [-0.05, 0) is 49.6 Å². The number of thiophene rings is 1. The van der Waals surface area contributed by atoms with Gasteiger partial charge in [0.05, 0.1) is 5.69 Å². The van der Waals surface area contributed by atoms with Gasteiger partial charge in [0.2, 0.25) is 5.91 Å². The van der Waals surface area contributed by atoms with Crippen LogP contribution in [0.4, 0.5) is 5.13 Å². The zero-order valence-corrected chi connectivity index (χ0v) is 18.9. The third-order valence-corrected chi connectivity index (χ3v) is 9.56. The molecule has 2 fully saturated rings. The zero-order valence-electron chi connectivity index (χ0n) is 16.4. The first-order valence-electron chi connectivity index (χ1n) is 9.96. The van der Waals surface area contributed by atoms with Crippen LogP contribution in [0.2, 0.25) is 0 Å². The minimum Gasteiger partial charge on any atom is -0.301 e. The lowest BCUT2D eigenvalue weighted by molar-refractivity contribution is -0.119. The van der Waals surface area contributed by atoms with Gasteiger partial charge in [0.1, 0.15) is 10.3 Å². The van der Waals surface area contributed by atoms with Crippen LogP contribution in [0.5, 0.6) is 0 Å². The Morgan fingerprint density at radius 1 is 1.28 bits per heavy atom. The molecule has 2 saturated heterocycles. The number of hydrogen-bond acceptors (Lipinski definition) is 7. The average Bonchev–Trinajstić information content (AvgIpc) is 3.44. The van der Waals surface area contributed by atoms with Crippen molar-refractivity contribution < 1.29 is 13.2 Å². The molecular formula is C19H26N4O3S3. The lowest BCUT2D eigenvalue weighted by Crippen LogP contribution is -2.42. The Morgan fingerprint density at radius 2 is 2.10 bits per heavy atom. The number of aromatic nitrogens is 1. The van der Waals surface area contributed by atoms with E-state index in [-0.39, 0.29) is 10.1 Å². The van der Waals surface area contributed by atoms with Crippen LogP contribution in [0.3, 0.4) is 0 Å². The van der Waals surface area contributed by atoms with E-state index in [1.165, 1.54) is 39.8 Å². The summed E-state index contributed by atoms with van der Waals surface area (Å²) in [5.41, 5.74) is 0.953. The van der Waals surface area contributed by atoms with Crippen molar-refractivity contribution in [3.05, 3.63) is 28.6 Å². The maximum Gasteiger partial charge on any atom is 0.253 e. The number of piperidine rings is 1. The number of sulfonamides is 1. The molecule has 0 spiro atoms. The van der Waals surface area contributed by atoms with Crippen LogP contribution in [0.25, 0.3) is 0 Å². The molecule has 0 bridgehead atoms. The summed E-state index contributed by atoms with van der Waals surface area (Å²) < 4.78 is 27.3. The number of likely N-dealkylation sites (tertiary alicyclic amines) is 1. The summed E-state index contributed by atoms with van der Waals surface area (Å²) >= 11 is 2.57. The summed E-state index contributed by atoms with van der Waals surface area (Å²) in [6.07, 6.45) is 3.70. The normalized spacial score (nSPS) is 24.0. The van der Waals surface area contributed by atoms with Gasteiger partial charge in [-0.2, -0.15) is 4.31 Å². The Balaban J connectivity index is 1.39. The van der Waals surface area contributed by atoms with Crippen molar-refractivity contribution in [2.75, 3.05) is 25.0 Å². The number of amides is 1. The highest BCUT2D eigenvalue weighted by atomic mass is 32.2. The van der Waals surface area contributed by atoms with Crippen molar-refractivity contribution in [1.82, 2.24) is 14.2 Å². The van der Waals surface area contributed by atoms with E-state index < -0.39 is 16.1 Å². The number of nitrogens with zero attached hydrogens (tertiary/aromatic N) is 3. The average molecular weight is 455 g/mol. The minimum absolute atomic E-state index is 0.282. The second-order valence-corrected chi connectivity index (χ2v) is 11.7. The van der Waals surface area contributed by atoms with Gasteiger partial charge in [0, 0.05) is 25.0 Å². The van der Waals surface area contributed by atoms with E-state index >= 15 is 0 Å². The monoisotopic (exact) mass is 454 g/mol. The number of thiazole rings is 1. The number of rotatable bonds is 6. The molecule has 158 valence electrons. The number of nitrogens with one attached hydrogen (secondary N) is 1. The molecule has 1 N–H and O–H groups in total. The summed E-state index contributed by atoms with van der Waals surface area (Å²) in [6.45, 7) is 5.60. The van der Waals surface area contributed by atoms with E-state index in [0.29, 0.717) is 30.4 Å². The third kappa shape index (κ3) is 4.72. The van der Waals surface area contributed by atoms with Gasteiger partial charge in [0.25, 0.3) is 10.0 Å². The Hall–Kier alpha value is -1.33. The van der Waals surface area contributed by atoms with Gasteiger partial charge in [0.15, 0.2) is 5.13 Å². The number of carbonyl (C=O) groups is 1. The molecule has 0 radical (unpaired) electrons. The van der Waals surface area contributed by atoms with Crippen LogP contribution >= 0.6 is 22.7 Å². The quantitative estimate of drug-likeness (QED) is 0.725. The summed E-state index contributed by atoms with van der Waals surface area (Å²) in [4.78, 5) is 19.8. The minimum atomic E-state index is -3.63. The van der Waals surface area contributed by atoms with Crippen molar-refractivity contribution in [2.45, 2.75) is 49.4 Å². The fourth-order valence-electron chi connectivity index (χ4n) is 4.10. The van der Waals surface area contributed by atoms with E-state index in [1.54, 1.807) is 17.5 Å². The molecule has 2 atom stereocenters. The predicted octanol–water partition coefficient (Wildman–Crippen LogP) is 3.23. The fraction of sp³-hybridized carbons (Fsp3) is 0.579. The SMILES string of the molecule is CC1CCCN(Cc2csc(NC(=O)C3CCCN3S(=O)(=O)c3cccs3)n2)C1. The van der Waals surface area contributed by atoms with Gasteiger partial charge < -0.3 is 5.32 Å². The molecule has 1 amide bonds. The molecule has 4 heterocycles. The Bertz CT molecular complexity index is 942. The van der Waals surface area contributed by atoms with Gasteiger partial charge in [-0.15, -0.1) is 22.7 Å². The first-order valence-corrected chi connectivity index (χ1v) is 13.2. The molecule has 10 heteroatoms. The Morgan fingerprint density at radius 3 is 2.86 bits per heavy atom. The number of anilines is 1. The van der Waals surface area contributed by atoms with Gasteiger partial charge in [-0.1, -0.05) is 13.0 Å². The van der Waals surface area contributed by atoms with Gasteiger partial charge >= 0.3 is 0 Å². The third-order valence-electron chi connectivity index (χ3n) is 5.47. The standard InChI is InChI=1S/C19H26N4O3S3/c1-14-5-2-8-22(11-14)12-15-13-28-19(20-15)21-18(24)16-6-3-9-23(16)29(25,26)17-7-4-10-27-17/h4,7,10,13-14,16H,2-3,5-6,8-9,11-12H2,1H3,(H,20,21,24). The number of hydrogen-bond donors (Lipinski definition) is 1. The molecule has 0 aromatic carbocycles. The molecule has 2 aliphatic rings. The Kier molecular flexibility index (Phi) is 6.35. The van der Waals surface area contributed by atoms with Crippen LogP contribution in [-0.4, -0.2) is 54.2 Å². The van der Waals surface area contributed by atoms with Crippen molar-refractivity contribution in [1.29, 1.82) is 0 Å². The predicted molar refractivity (Wildman–Crippen MR) is 116 cm³/mol. The van der Waals surface area contributed by atoms with E-state index in [0.717, 1.165) is 25.3 Å².